The van der Waals surface area contributed by atoms with E-state index < -0.39 is 16.0 Å². The number of sulfonamides is 1. The summed E-state index contributed by atoms with van der Waals surface area (Å²) in [5.41, 5.74) is 0. The molecular weight excluding hydrogens is 206 g/mol. The van der Waals surface area contributed by atoms with Gasteiger partial charge < -0.3 is 5.11 Å². The quantitative estimate of drug-likeness (QED) is 0.627. The fourth-order valence-electron chi connectivity index (χ4n) is 0.780. The molecule has 0 radical (unpaired) electrons. The molecule has 0 saturated heterocycles. The first kappa shape index (κ1) is 13.1. The zero-order valence-corrected chi connectivity index (χ0v) is 8.96. The summed E-state index contributed by atoms with van der Waals surface area (Å²) < 4.78 is 23.8. The molecule has 0 unspecified atom stereocenters. The van der Waals surface area contributed by atoms with Gasteiger partial charge in [0.2, 0.25) is 10.0 Å². The summed E-state index contributed by atoms with van der Waals surface area (Å²) in [4.78, 5) is 10.2. The highest BCUT2D eigenvalue weighted by molar-refractivity contribution is 7.89. The van der Waals surface area contributed by atoms with Gasteiger partial charge in [-0.05, 0) is 6.42 Å². The van der Waals surface area contributed by atoms with E-state index in [-0.39, 0.29) is 18.7 Å². The Kier molecular flexibility index (Phi) is 5.40. The lowest BCUT2D eigenvalue weighted by molar-refractivity contribution is -0.137. The van der Waals surface area contributed by atoms with Crippen LogP contribution in [0.4, 0.5) is 0 Å². The Morgan fingerprint density at radius 3 is 2.57 bits per heavy atom. The van der Waals surface area contributed by atoms with Crippen molar-refractivity contribution >= 4 is 16.0 Å². The summed E-state index contributed by atoms with van der Waals surface area (Å²) in [5.74, 6) is -1.03. The van der Waals surface area contributed by atoms with E-state index in [1.807, 2.05) is 0 Å². The van der Waals surface area contributed by atoms with Crippen LogP contribution in [0.25, 0.3) is 0 Å². The van der Waals surface area contributed by atoms with Crippen LogP contribution in [-0.2, 0) is 14.8 Å². The first-order chi connectivity index (χ1) is 6.40. The van der Waals surface area contributed by atoms with Gasteiger partial charge in [-0.15, -0.1) is 6.58 Å². The van der Waals surface area contributed by atoms with Gasteiger partial charge in [0.1, 0.15) is 0 Å². The molecule has 0 aliphatic heterocycles. The maximum Gasteiger partial charge on any atom is 0.304 e. The standard InChI is InChI=1S/C8H15NO4S/c1-3-4-7-14(12,13)9(2)6-5-8(10)11/h3H,1,4-7H2,2H3,(H,10,11). The molecule has 0 atom stereocenters. The Morgan fingerprint density at radius 1 is 1.57 bits per heavy atom. The van der Waals surface area contributed by atoms with Crippen molar-refractivity contribution in [1.29, 1.82) is 0 Å². The summed E-state index contributed by atoms with van der Waals surface area (Å²) in [6, 6.07) is 0. The van der Waals surface area contributed by atoms with Crippen LogP contribution in [0.2, 0.25) is 0 Å². The molecule has 0 aliphatic carbocycles. The number of allylic oxidation sites excluding steroid dienone is 1. The van der Waals surface area contributed by atoms with Gasteiger partial charge in [0, 0.05) is 13.6 Å². The summed E-state index contributed by atoms with van der Waals surface area (Å²) in [7, 11) is -1.94. The fourth-order valence-corrected chi connectivity index (χ4v) is 1.93. The Morgan fingerprint density at radius 2 is 2.14 bits per heavy atom. The molecule has 1 N–H and O–H groups in total. The molecule has 0 aromatic heterocycles. The molecule has 0 heterocycles. The van der Waals surface area contributed by atoms with Crippen molar-refractivity contribution in [3.8, 4) is 0 Å². The summed E-state index contributed by atoms with van der Waals surface area (Å²) in [5, 5.41) is 8.37. The van der Waals surface area contributed by atoms with E-state index in [9.17, 15) is 13.2 Å². The molecule has 0 aromatic rings. The molecule has 0 fully saturated rings. The van der Waals surface area contributed by atoms with E-state index >= 15 is 0 Å². The average Bonchev–Trinajstić information content (AvgIpc) is 2.10. The van der Waals surface area contributed by atoms with Crippen LogP contribution < -0.4 is 0 Å². The van der Waals surface area contributed by atoms with Crippen molar-refractivity contribution in [3.63, 3.8) is 0 Å². The number of carbonyl (C=O) groups is 1. The Bertz CT molecular complexity index is 296. The van der Waals surface area contributed by atoms with Crippen LogP contribution in [-0.4, -0.2) is 43.1 Å². The Balaban J connectivity index is 4.14. The number of nitrogens with zero attached hydrogens (tertiary/aromatic N) is 1. The number of rotatable bonds is 7. The lowest BCUT2D eigenvalue weighted by atomic mass is 10.4. The highest BCUT2D eigenvalue weighted by atomic mass is 32.2. The molecule has 5 nitrogen and oxygen atoms in total. The number of carboxylic acids is 1. The molecule has 0 saturated carbocycles. The normalized spacial score (nSPS) is 11.6. The van der Waals surface area contributed by atoms with E-state index in [4.69, 9.17) is 5.11 Å². The third-order valence-electron chi connectivity index (χ3n) is 1.70. The third kappa shape index (κ3) is 4.98. The molecular formula is C8H15NO4S. The van der Waals surface area contributed by atoms with Crippen molar-refractivity contribution < 1.29 is 18.3 Å². The topological polar surface area (TPSA) is 74.7 Å². The van der Waals surface area contributed by atoms with Crippen molar-refractivity contribution in [2.45, 2.75) is 12.8 Å². The Hall–Kier alpha value is -0.880. The predicted octanol–water partition coefficient (Wildman–Crippen LogP) is 0.299. The van der Waals surface area contributed by atoms with Gasteiger partial charge in [-0.3, -0.25) is 4.79 Å². The lowest BCUT2D eigenvalue weighted by Crippen LogP contribution is -2.31. The zero-order chi connectivity index (χ0) is 11.2. The summed E-state index contributed by atoms with van der Waals surface area (Å²) >= 11 is 0. The first-order valence-corrected chi connectivity index (χ1v) is 5.77. The molecule has 0 rings (SSSR count). The fraction of sp³-hybridized carbons (Fsp3) is 0.625. The number of carboxylic acid groups (broad SMARTS) is 1. The molecule has 0 aliphatic rings. The summed E-state index contributed by atoms with van der Waals surface area (Å²) in [6.45, 7) is 3.43. The van der Waals surface area contributed by atoms with Crippen molar-refractivity contribution in [2.75, 3.05) is 19.3 Å². The molecule has 0 spiro atoms. The van der Waals surface area contributed by atoms with Gasteiger partial charge in [-0.2, -0.15) is 0 Å². The van der Waals surface area contributed by atoms with Crippen LogP contribution in [0, 0.1) is 0 Å². The van der Waals surface area contributed by atoms with Crippen LogP contribution >= 0.6 is 0 Å². The molecule has 0 amide bonds. The monoisotopic (exact) mass is 221 g/mol. The van der Waals surface area contributed by atoms with Crippen LogP contribution in [0.5, 0.6) is 0 Å². The maximum absolute atomic E-state index is 11.4. The second-order valence-corrected chi connectivity index (χ2v) is 5.05. The van der Waals surface area contributed by atoms with Crippen LogP contribution in [0.3, 0.4) is 0 Å². The summed E-state index contributed by atoms with van der Waals surface area (Å²) in [6.07, 6.45) is 1.71. The maximum atomic E-state index is 11.4. The van der Waals surface area contributed by atoms with Crippen molar-refractivity contribution in [2.24, 2.45) is 0 Å². The minimum atomic E-state index is -3.32. The second kappa shape index (κ2) is 5.77. The zero-order valence-electron chi connectivity index (χ0n) is 8.14. The number of hydrogen-bond donors (Lipinski definition) is 1. The predicted molar refractivity (Wildman–Crippen MR) is 53.5 cm³/mol. The SMILES string of the molecule is C=CCCS(=O)(=O)N(C)CCC(=O)O. The van der Waals surface area contributed by atoms with Crippen LogP contribution in [0.15, 0.2) is 12.7 Å². The number of aliphatic carboxylic acids is 1. The van der Waals surface area contributed by atoms with Gasteiger partial charge in [0.15, 0.2) is 0 Å². The smallest absolute Gasteiger partial charge is 0.304 e. The molecule has 0 aromatic carbocycles. The van der Waals surface area contributed by atoms with Crippen molar-refractivity contribution in [1.82, 2.24) is 4.31 Å². The largest absolute Gasteiger partial charge is 0.481 e. The van der Waals surface area contributed by atoms with E-state index in [1.165, 1.54) is 13.1 Å². The Labute approximate surface area is 84.1 Å². The van der Waals surface area contributed by atoms with E-state index in [1.54, 1.807) is 0 Å². The lowest BCUT2D eigenvalue weighted by Gasteiger charge is -2.15. The van der Waals surface area contributed by atoms with E-state index in [2.05, 4.69) is 6.58 Å². The molecule has 14 heavy (non-hydrogen) atoms. The van der Waals surface area contributed by atoms with Gasteiger partial charge in [-0.25, -0.2) is 12.7 Å². The second-order valence-electron chi connectivity index (χ2n) is 2.86. The van der Waals surface area contributed by atoms with Crippen molar-refractivity contribution in [3.05, 3.63) is 12.7 Å². The highest BCUT2D eigenvalue weighted by Crippen LogP contribution is 2.01. The first-order valence-electron chi connectivity index (χ1n) is 4.17. The third-order valence-corrected chi connectivity index (χ3v) is 3.58. The average molecular weight is 221 g/mol. The highest BCUT2D eigenvalue weighted by Gasteiger charge is 2.17. The van der Waals surface area contributed by atoms with Gasteiger partial charge in [-0.1, -0.05) is 6.08 Å². The molecule has 6 heteroatoms. The van der Waals surface area contributed by atoms with Crippen LogP contribution in [0.1, 0.15) is 12.8 Å². The number of hydrogen-bond acceptors (Lipinski definition) is 3. The van der Waals surface area contributed by atoms with E-state index in [0.717, 1.165) is 4.31 Å². The molecule has 82 valence electrons. The van der Waals surface area contributed by atoms with Gasteiger partial charge >= 0.3 is 5.97 Å². The minimum Gasteiger partial charge on any atom is -0.481 e. The molecule has 0 bridgehead atoms. The van der Waals surface area contributed by atoms with Gasteiger partial charge in [0.05, 0.1) is 12.2 Å². The minimum absolute atomic E-state index is 0.00874. The van der Waals surface area contributed by atoms with Gasteiger partial charge in [0.25, 0.3) is 0 Å². The van der Waals surface area contributed by atoms with E-state index in [0.29, 0.717) is 6.42 Å².